The highest BCUT2D eigenvalue weighted by Crippen LogP contribution is 2.20. The molecule has 0 bridgehead atoms. The van der Waals surface area contributed by atoms with Crippen LogP contribution < -0.4 is 10.6 Å². The summed E-state index contributed by atoms with van der Waals surface area (Å²) in [4.78, 5) is 27.8. The standard InChI is InChI=1S/C19H19N5O2/c1-13(25)23-17-7-5-14(6-8-17)19(26)21-10-15-4-3-9-20-18(15)16-11-22-24(2)12-16/h3-9,11-12H,10H2,1-2H3,(H,21,26)(H,23,25). The van der Waals surface area contributed by atoms with Gasteiger partial charge in [-0.3, -0.25) is 19.3 Å². The van der Waals surface area contributed by atoms with Crippen molar-refractivity contribution in [3.8, 4) is 11.3 Å². The number of rotatable bonds is 5. The summed E-state index contributed by atoms with van der Waals surface area (Å²) in [5.74, 6) is -0.345. The Morgan fingerprint density at radius 2 is 1.92 bits per heavy atom. The van der Waals surface area contributed by atoms with Crippen LogP contribution in [0.5, 0.6) is 0 Å². The summed E-state index contributed by atoms with van der Waals surface area (Å²) in [5.41, 5.74) is 3.77. The highest BCUT2D eigenvalue weighted by Gasteiger charge is 2.11. The van der Waals surface area contributed by atoms with Crippen LogP contribution in [0.15, 0.2) is 55.0 Å². The minimum absolute atomic E-state index is 0.151. The van der Waals surface area contributed by atoms with Gasteiger partial charge < -0.3 is 10.6 Å². The predicted molar refractivity (Wildman–Crippen MR) is 98.4 cm³/mol. The van der Waals surface area contributed by atoms with Gasteiger partial charge in [0, 0.05) is 49.7 Å². The fraction of sp³-hybridized carbons (Fsp3) is 0.158. The van der Waals surface area contributed by atoms with E-state index < -0.39 is 0 Å². The quantitative estimate of drug-likeness (QED) is 0.740. The molecule has 2 aromatic heterocycles. The van der Waals surface area contributed by atoms with Crippen molar-refractivity contribution in [2.24, 2.45) is 7.05 Å². The monoisotopic (exact) mass is 349 g/mol. The Morgan fingerprint density at radius 3 is 2.58 bits per heavy atom. The Bertz CT molecular complexity index is 931. The van der Waals surface area contributed by atoms with Gasteiger partial charge in [0.15, 0.2) is 0 Å². The molecule has 7 nitrogen and oxygen atoms in total. The fourth-order valence-corrected chi connectivity index (χ4v) is 2.57. The second kappa shape index (κ2) is 7.60. The number of nitrogens with one attached hydrogen (secondary N) is 2. The van der Waals surface area contributed by atoms with E-state index in [0.29, 0.717) is 17.8 Å². The number of aryl methyl sites for hydroxylation is 1. The largest absolute Gasteiger partial charge is 0.348 e. The number of hydrogen-bond donors (Lipinski definition) is 2. The molecule has 132 valence electrons. The van der Waals surface area contributed by atoms with Crippen molar-refractivity contribution in [2.45, 2.75) is 13.5 Å². The lowest BCUT2D eigenvalue weighted by Gasteiger charge is -2.09. The van der Waals surface area contributed by atoms with Crippen molar-refractivity contribution in [3.63, 3.8) is 0 Å². The fourth-order valence-electron chi connectivity index (χ4n) is 2.57. The maximum atomic E-state index is 12.4. The number of anilines is 1. The molecule has 3 aromatic rings. The third-order valence-corrected chi connectivity index (χ3v) is 3.78. The lowest BCUT2D eigenvalue weighted by atomic mass is 10.1. The number of benzene rings is 1. The van der Waals surface area contributed by atoms with E-state index in [1.807, 2.05) is 25.4 Å². The van der Waals surface area contributed by atoms with Gasteiger partial charge in [-0.1, -0.05) is 6.07 Å². The van der Waals surface area contributed by atoms with Gasteiger partial charge in [0.05, 0.1) is 11.9 Å². The first kappa shape index (κ1) is 17.3. The second-order valence-electron chi connectivity index (χ2n) is 5.86. The van der Waals surface area contributed by atoms with Gasteiger partial charge in [0.1, 0.15) is 0 Å². The summed E-state index contributed by atoms with van der Waals surface area (Å²) >= 11 is 0. The van der Waals surface area contributed by atoms with Gasteiger partial charge in [-0.25, -0.2) is 0 Å². The number of nitrogens with zero attached hydrogens (tertiary/aromatic N) is 3. The van der Waals surface area contributed by atoms with Gasteiger partial charge in [-0.05, 0) is 35.9 Å². The van der Waals surface area contributed by atoms with Crippen LogP contribution in [0.25, 0.3) is 11.3 Å². The number of aromatic nitrogens is 3. The van der Waals surface area contributed by atoms with Crippen LogP contribution in [0.2, 0.25) is 0 Å². The number of hydrogen-bond acceptors (Lipinski definition) is 4. The molecule has 1 aromatic carbocycles. The SMILES string of the molecule is CC(=O)Nc1ccc(C(=O)NCc2cccnc2-c2cnn(C)c2)cc1. The third kappa shape index (κ3) is 4.13. The van der Waals surface area contributed by atoms with Crippen LogP contribution >= 0.6 is 0 Å². The molecule has 0 radical (unpaired) electrons. The molecule has 0 saturated heterocycles. The first-order valence-electron chi connectivity index (χ1n) is 8.11. The van der Waals surface area contributed by atoms with E-state index in [9.17, 15) is 9.59 Å². The minimum atomic E-state index is -0.194. The average Bonchev–Trinajstić information content (AvgIpc) is 3.06. The Balaban J connectivity index is 1.69. The van der Waals surface area contributed by atoms with Crippen molar-refractivity contribution in [3.05, 3.63) is 66.1 Å². The molecule has 2 N–H and O–H groups in total. The van der Waals surface area contributed by atoms with E-state index in [1.54, 1.807) is 41.3 Å². The van der Waals surface area contributed by atoms with Crippen molar-refractivity contribution in [1.82, 2.24) is 20.1 Å². The Kier molecular flexibility index (Phi) is 5.07. The molecule has 2 heterocycles. The highest BCUT2D eigenvalue weighted by atomic mass is 16.2. The normalized spacial score (nSPS) is 10.4. The topological polar surface area (TPSA) is 88.9 Å². The Hall–Kier alpha value is -3.48. The average molecular weight is 349 g/mol. The summed E-state index contributed by atoms with van der Waals surface area (Å²) in [6.07, 6.45) is 5.34. The van der Waals surface area contributed by atoms with E-state index >= 15 is 0 Å². The van der Waals surface area contributed by atoms with Gasteiger partial charge >= 0.3 is 0 Å². The zero-order valence-corrected chi connectivity index (χ0v) is 14.6. The molecule has 2 amide bonds. The zero-order valence-electron chi connectivity index (χ0n) is 14.6. The van der Waals surface area contributed by atoms with Crippen LogP contribution in [0, 0.1) is 0 Å². The molecular formula is C19H19N5O2. The van der Waals surface area contributed by atoms with Crippen molar-refractivity contribution in [1.29, 1.82) is 0 Å². The van der Waals surface area contributed by atoms with Crippen molar-refractivity contribution >= 4 is 17.5 Å². The van der Waals surface area contributed by atoms with Gasteiger partial charge in [0.25, 0.3) is 5.91 Å². The number of pyridine rings is 1. The van der Waals surface area contributed by atoms with Crippen LogP contribution in [0.4, 0.5) is 5.69 Å². The lowest BCUT2D eigenvalue weighted by molar-refractivity contribution is -0.114. The van der Waals surface area contributed by atoms with E-state index in [4.69, 9.17) is 0 Å². The van der Waals surface area contributed by atoms with E-state index in [2.05, 4.69) is 20.7 Å². The minimum Gasteiger partial charge on any atom is -0.348 e. The predicted octanol–water partition coefficient (Wildman–Crippen LogP) is 2.37. The van der Waals surface area contributed by atoms with Crippen LogP contribution in [-0.2, 0) is 18.4 Å². The molecule has 0 spiro atoms. The number of carbonyl (C=O) groups is 2. The maximum absolute atomic E-state index is 12.4. The van der Waals surface area contributed by atoms with Crippen LogP contribution in [0.1, 0.15) is 22.8 Å². The van der Waals surface area contributed by atoms with Crippen molar-refractivity contribution in [2.75, 3.05) is 5.32 Å². The highest BCUT2D eigenvalue weighted by molar-refractivity contribution is 5.95. The van der Waals surface area contributed by atoms with Gasteiger partial charge in [-0.15, -0.1) is 0 Å². The molecule has 0 fully saturated rings. The third-order valence-electron chi connectivity index (χ3n) is 3.78. The van der Waals surface area contributed by atoms with E-state index in [0.717, 1.165) is 16.8 Å². The first-order valence-corrected chi connectivity index (χ1v) is 8.11. The lowest BCUT2D eigenvalue weighted by Crippen LogP contribution is -2.23. The molecule has 0 unspecified atom stereocenters. The van der Waals surface area contributed by atoms with Gasteiger partial charge in [-0.2, -0.15) is 5.10 Å². The second-order valence-corrected chi connectivity index (χ2v) is 5.86. The number of carbonyl (C=O) groups excluding carboxylic acids is 2. The molecule has 0 aliphatic carbocycles. The molecule has 0 atom stereocenters. The molecule has 0 aliphatic heterocycles. The summed E-state index contributed by atoms with van der Waals surface area (Å²) in [7, 11) is 1.85. The van der Waals surface area contributed by atoms with Crippen LogP contribution in [0.3, 0.4) is 0 Å². The van der Waals surface area contributed by atoms with E-state index in [1.165, 1.54) is 6.92 Å². The zero-order chi connectivity index (χ0) is 18.5. The summed E-state index contributed by atoms with van der Waals surface area (Å²) in [6, 6.07) is 10.5. The first-order chi connectivity index (χ1) is 12.5. The summed E-state index contributed by atoms with van der Waals surface area (Å²) in [5, 5.41) is 9.73. The molecule has 0 saturated carbocycles. The van der Waals surface area contributed by atoms with Gasteiger partial charge in [0.2, 0.25) is 5.91 Å². The van der Waals surface area contributed by atoms with Crippen molar-refractivity contribution < 1.29 is 9.59 Å². The molecular weight excluding hydrogens is 330 g/mol. The molecule has 3 rings (SSSR count). The summed E-state index contributed by atoms with van der Waals surface area (Å²) in [6.45, 7) is 1.79. The number of amides is 2. The maximum Gasteiger partial charge on any atom is 0.251 e. The smallest absolute Gasteiger partial charge is 0.251 e. The molecule has 0 aliphatic rings. The summed E-state index contributed by atoms with van der Waals surface area (Å²) < 4.78 is 1.71. The molecule has 7 heteroatoms. The van der Waals surface area contributed by atoms with E-state index in [-0.39, 0.29) is 11.8 Å². The Morgan fingerprint density at radius 1 is 1.15 bits per heavy atom. The molecule has 26 heavy (non-hydrogen) atoms. The van der Waals surface area contributed by atoms with Crippen LogP contribution in [-0.4, -0.2) is 26.6 Å². The Labute approximate surface area is 151 Å².